The molecule has 0 aliphatic rings. The molecule has 0 atom stereocenters. The second-order valence-corrected chi connectivity index (χ2v) is 4.32. The van der Waals surface area contributed by atoms with Gasteiger partial charge in [-0.15, -0.1) is 11.3 Å². The van der Waals surface area contributed by atoms with E-state index in [0.29, 0.717) is 9.82 Å². The summed E-state index contributed by atoms with van der Waals surface area (Å²) in [5, 5.41) is 19.0. The molecule has 2 rings (SSSR count). The summed E-state index contributed by atoms with van der Waals surface area (Å²) in [6.45, 7) is -0.0258. The molecule has 0 unspecified atom stereocenters. The summed E-state index contributed by atoms with van der Waals surface area (Å²) in [5.41, 5.74) is 1.53. The number of rotatable bonds is 2. The number of hydrogen-bond acceptors (Lipinski definition) is 3. The molecule has 1 aromatic carbocycles. The van der Waals surface area contributed by atoms with E-state index in [1.807, 2.05) is 5.38 Å². The number of thiazole rings is 1. The van der Waals surface area contributed by atoms with E-state index in [9.17, 15) is 0 Å². The van der Waals surface area contributed by atoms with Gasteiger partial charge in [0.25, 0.3) is 0 Å². The lowest BCUT2D eigenvalue weighted by molar-refractivity contribution is 0.282. The highest BCUT2D eigenvalue weighted by Crippen LogP contribution is 2.21. The van der Waals surface area contributed by atoms with Crippen molar-refractivity contribution in [2.75, 3.05) is 0 Å². The van der Waals surface area contributed by atoms with Crippen molar-refractivity contribution in [1.29, 1.82) is 5.41 Å². The Kier molecular flexibility index (Phi) is 2.90. The van der Waals surface area contributed by atoms with Crippen molar-refractivity contribution in [2.45, 2.75) is 6.61 Å². The third-order valence-corrected chi connectivity index (χ3v) is 3.04. The predicted molar refractivity (Wildman–Crippen MR) is 60.4 cm³/mol. The molecule has 0 aliphatic carbocycles. The third-order valence-electron chi connectivity index (χ3n) is 2.06. The van der Waals surface area contributed by atoms with Crippen LogP contribution < -0.4 is 4.80 Å². The van der Waals surface area contributed by atoms with Gasteiger partial charge in [0.15, 0.2) is 4.80 Å². The average molecular weight is 241 g/mol. The van der Waals surface area contributed by atoms with Gasteiger partial charge in [0.05, 0.1) is 17.3 Å². The molecule has 0 amide bonds. The van der Waals surface area contributed by atoms with Crippen LogP contribution in [0.4, 0.5) is 0 Å². The summed E-state index contributed by atoms with van der Waals surface area (Å²) in [7, 11) is 0. The number of aliphatic hydroxyl groups excluding tert-OH is 1. The van der Waals surface area contributed by atoms with E-state index in [1.54, 1.807) is 29.0 Å². The molecular weight excluding hydrogens is 232 g/mol. The molecular formula is C10H9ClN2OS. The first-order chi connectivity index (χ1) is 7.22. The van der Waals surface area contributed by atoms with Crippen LogP contribution in [0, 0.1) is 5.41 Å². The molecule has 0 bridgehead atoms. The molecule has 78 valence electrons. The van der Waals surface area contributed by atoms with Crippen LogP contribution in [0.15, 0.2) is 29.8 Å². The van der Waals surface area contributed by atoms with Gasteiger partial charge in [-0.25, -0.2) is 0 Å². The van der Waals surface area contributed by atoms with Crippen LogP contribution in [-0.4, -0.2) is 9.67 Å². The zero-order chi connectivity index (χ0) is 10.8. The summed E-state index contributed by atoms with van der Waals surface area (Å²) >= 11 is 7.40. The number of benzene rings is 1. The number of halogens is 1. The van der Waals surface area contributed by atoms with Crippen LogP contribution in [0.2, 0.25) is 5.02 Å². The lowest BCUT2D eigenvalue weighted by Gasteiger charge is -2.06. The summed E-state index contributed by atoms with van der Waals surface area (Å²) < 4.78 is 1.70. The van der Waals surface area contributed by atoms with Crippen molar-refractivity contribution in [3.8, 4) is 5.69 Å². The molecule has 0 spiro atoms. The fraction of sp³-hybridized carbons (Fsp3) is 0.100. The summed E-state index contributed by atoms with van der Waals surface area (Å²) in [6, 6.07) is 5.31. The maximum atomic E-state index is 8.94. The largest absolute Gasteiger partial charge is 0.392 e. The van der Waals surface area contributed by atoms with E-state index in [-0.39, 0.29) is 6.61 Å². The first kappa shape index (κ1) is 10.4. The molecule has 0 fully saturated rings. The second kappa shape index (κ2) is 4.18. The summed E-state index contributed by atoms with van der Waals surface area (Å²) in [4.78, 5) is 0.425. The SMILES string of the molecule is N=c1sccn1-c1ccc(CO)cc1Cl. The van der Waals surface area contributed by atoms with Crippen LogP contribution in [0.3, 0.4) is 0 Å². The summed E-state index contributed by atoms with van der Waals surface area (Å²) in [5.74, 6) is 0. The van der Waals surface area contributed by atoms with Crippen molar-refractivity contribution in [3.05, 3.63) is 45.2 Å². The molecule has 3 nitrogen and oxygen atoms in total. The fourth-order valence-electron chi connectivity index (χ4n) is 1.31. The van der Waals surface area contributed by atoms with Crippen molar-refractivity contribution >= 4 is 22.9 Å². The first-order valence-corrected chi connectivity index (χ1v) is 5.58. The van der Waals surface area contributed by atoms with E-state index < -0.39 is 0 Å². The molecule has 0 saturated heterocycles. The maximum absolute atomic E-state index is 8.94. The molecule has 2 N–H and O–H groups in total. The van der Waals surface area contributed by atoms with Gasteiger partial charge < -0.3 is 5.11 Å². The molecule has 0 radical (unpaired) electrons. The number of nitrogens with zero attached hydrogens (tertiary/aromatic N) is 1. The number of nitrogens with one attached hydrogen (secondary N) is 1. The standard InChI is InChI=1S/C10H9ClN2OS/c11-8-5-7(6-14)1-2-9(8)13-3-4-15-10(13)12/h1-5,12,14H,6H2. The van der Waals surface area contributed by atoms with Gasteiger partial charge in [-0.3, -0.25) is 9.98 Å². The smallest absolute Gasteiger partial charge is 0.186 e. The zero-order valence-electron chi connectivity index (χ0n) is 7.77. The monoisotopic (exact) mass is 240 g/mol. The van der Waals surface area contributed by atoms with Gasteiger partial charge in [-0.05, 0) is 17.7 Å². The third kappa shape index (κ3) is 1.97. The van der Waals surface area contributed by atoms with Crippen molar-refractivity contribution in [3.63, 3.8) is 0 Å². The van der Waals surface area contributed by atoms with Crippen molar-refractivity contribution in [2.24, 2.45) is 0 Å². The minimum absolute atomic E-state index is 0.0258. The minimum atomic E-state index is -0.0258. The van der Waals surface area contributed by atoms with E-state index in [4.69, 9.17) is 22.1 Å². The van der Waals surface area contributed by atoms with Gasteiger partial charge in [-0.1, -0.05) is 17.7 Å². The van der Waals surface area contributed by atoms with Gasteiger partial charge >= 0.3 is 0 Å². The van der Waals surface area contributed by atoms with Gasteiger partial charge in [0.2, 0.25) is 0 Å². The van der Waals surface area contributed by atoms with E-state index in [2.05, 4.69) is 0 Å². The van der Waals surface area contributed by atoms with Crippen LogP contribution in [0.25, 0.3) is 5.69 Å². The zero-order valence-corrected chi connectivity index (χ0v) is 9.35. The Hall–Kier alpha value is -1.10. The minimum Gasteiger partial charge on any atom is -0.392 e. The quantitative estimate of drug-likeness (QED) is 0.831. The maximum Gasteiger partial charge on any atom is 0.186 e. The van der Waals surface area contributed by atoms with Crippen molar-refractivity contribution in [1.82, 2.24) is 4.57 Å². The Balaban J connectivity index is 2.55. The highest BCUT2D eigenvalue weighted by molar-refractivity contribution is 7.07. The molecule has 1 heterocycles. The first-order valence-electron chi connectivity index (χ1n) is 4.33. The Labute approximate surface area is 95.7 Å². The Bertz CT molecular complexity index is 532. The molecule has 5 heteroatoms. The van der Waals surface area contributed by atoms with E-state index >= 15 is 0 Å². The molecule has 0 saturated carbocycles. The Morgan fingerprint density at radius 2 is 2.27 bits per heavy atom. The Morgan fingerprint density at radius 1 is 1.47 bits per heavy atom. The van der Waals surface area contributed by atoms with Gasteiger partial charge in [0, 0.05) is 11.6 Å². The van der Waals surface area contributed by atoms with Crippen molar-refractivity contribution < 1.29 is 5.11 Å². The fourth-order valence-corrected chi connectivity index (χ4v) is 2.19. The normalized spacial score (nSPS) is 10.5. The van der Waals surface area contributed by atoms with Crippen LogP contribution in [0.5, 0.6) is 0 Å². The lowest BCUT2D eigenvalue weighted by Crippen LogP contribution is -2.09. The number of aliphatic hydroxyl groups is 1. The Morgan fingerprint density at radius 3 is 2.80 bits per heavy atom. The topological polar surface area (TPSA) is 49.0 Å². The van der Waals surface area contributed by atoms with Crippen LogP contribution in [-0.2, 0) is 6.61 Å². The number of hydrogen-bond donors (Lipinski definition) is 2. The molecule has 2 aromatic rings. The van der Waals surface area contributed by atoms with E-state index in [0.717, 1.165) is 11.3 Å². The molecule has 1 aromatic heterocycles. The average Bonchev–Trinajstić information content (AvgIpc) is 2.64. The highest BCUT2D eigenvalue weighted by atomic mass is 35.5. The van der Waals surface area contributed by atoms with Crippen LogP contribution >= 0.6 is 22.9 Å². The van der Waals surface area contributed by atoms with Gasteiger partial charge in [0.1, 0.15) is 0 Å². The van der Waals surface area contributed by atoms with E-state index in [1.165, 1.54) is 11.3 Å². The lowest BCUT2D eigenvalue weighted by atomic mass is 10.2. The second-order valence-electron chi connectivity index (χ2n) is 3.02. The highest BCUT2D eigenvalue weighted by Gasteiger charge is 2.04. The summed E-state index contributed by atoms with van der Waals surface area (Å²) in [6.07, 6.45) is 1.80. The molecule has 15 heavy (non-hydrogen) atoms. The predicted octanol–water partition coefficient (Wildman–Crippen LogP) is 2.16. The number of aromatic nitrogens is 1. The van der Waals surface area contributed by atoms with Crippen LogP contribution in [0.1, 0.15) is 5.56 Å². The molecule has 0 aliphatic heterocycles. The van der Waals surface area contributed by atoms with Gasteiger partial charge in [-0.2, -0.15) is 0 Å².